The molecular weight excluding hydrogens is 214 g/mol. The third-order valence-electron chi connectivity index (χ3n) is 2.49. The smallest absolute Gasteiger partial charge is 0.0628 e. The molecule has 0 aliphatic heterocycles. The first kappa shape index (κ1) is 14.2. The Bertz CT molecular complexity index is 352. The Morgan fingerprint density at radius 2 is 2.12 bits per heavy atom. The average molecular weight is 239 g/mol. The molecule has 4 heteroatoms. The fourth-order valence-corrected chi connectivity index (χ4v) is 1.72. The largest absolute Gasteiger partial charge is 0.374 e. The van der Waals surface area contributed by atoms with Gasteiger partial charge in [0.1, 0.15) is 0 Å². The SMILES string of the molecule is CCn1nc(C)cc1CC(N)COC(C)(C)C. The highest BCUT2D eigenvalue weighted by Gasteiger charge is 2.14. The van der Waals surface area contributed by atoms with E-state index >= 15 is 0 Å². The maximum atomic E-state index is 6.08. The van der Waals surface area contributed by atoms with Crippen LogP contribution in [0.5, 0.6) is 0 Å². The Hall–Kier alpha value is -0.870. The fraction of sp³-hybridized carbons (Fsp3) is 0.769. The van der Waals surface area contributed by atoms with Crippen molar-refractivity contribution in [2.75, 3.05) is 6.61 Å². The van der Waals surface area contributed by atoms with E-state index < -0.39 is 0 Å². The highest BCUT2D eigenvalue weighted by Crippen LogP contribution is 2.10. The molecule has 0 aliphatic rings. The lowest BCUT2D eigenvalue weighted by Crippen LogP contribution is -2.34. The second-order valence-corrected chi connectivity index (χ2v) is 5.48. The zero-order valence-corrected chi connectivity index (χ0v) is 11.7. The highest BCUT2D eigenvalue weighted by atomic mass is 16.5. The molecule has 0 bridgehead atoms. The second-order valence-electron chi connectivity index (χ2n) is 5.48. The molecule has 0 saturated carbocycles. The molecule has 2 N–H and O–H groups in total. The standard InChI is InChI=1S/C13H25N3O/c1-6-16-12(7-10(2)15-16)8-11(14)9-17-13(3,4)5/h7,11H,6,8-9,14H2,1-5H3. The zero-order chi connectivity index (χ0) is 13.1. The number of aromatic nitrogens is 2. The van der Waals surface area contributed by atoms with Gasteiger partial charge in [-0.2, -0.15) is 5.10 Å². The van der Waals surface area contributed by atoms with Gasteiger partial charge in [-0.25, -0.2) is 0 Å². The first-order chi connectivity index (χ1) is 7.81. The summed E-state index contributed by atoms with van der Waals surface area (Å²) in [6.07, 6.45) is 0.810. The summed E-state index contributed by atoms with van der Waals surface area (Å²) in [5.74, 6) is 0. The summed E-state index contributed by atoms with van der Waals surface area (Å²) < 4.78 is 7.70. The Morgan fingerprint density at radius 1 is 1.47 bits per heavy atom. The van der Waals surface area contributed by atoms with Crippen LogP contribution in [0.1, 0.15) is 39.1 Å². The molecule has 0 saturated heterocycles. The maximum absolute atomic E-state index is 6.08. The van der Waals surface area contributed by atoms with Crippen molar-refractivity contribution in [3.63, 3.8) is 0 Å². The summed E-state index contributed by atoms with van der Waals surface area (Å²) in [5.41, 5.74) is 8.19. The highest BCUT2D eigenvalue weighted by molar-refractivity contribution is 5.10. The van der Waals surface area contributed by atoms with Crippen LogP contribution in [0.15, 0.2) is 6.07 Å². The minimum absolute atomic E-state index is 0.0237. The minimum atomic E-state index is -0.126. The molecule has 0 spiro atoms. The second kappa shape index (κ2) is 5.65. The van der Waals surface area contributed by atoms with Crippen LogP contribution in [-0.2, 0) is 17.7 Å². The van der Waals surface area contributed by atoms with Crippen LogP contribution in [0.4, 0.5) is 0 Å². The molecule has 1 rings (SSSR count). The van der Waals surface area contributed by atoms with E-state index in [1.54, 1.807) is 0 Å². The van der Waals surface area contributed by atoms with Crippen LogP contribution in [0, 0.1) is 6.92 Å². The van der Waals surface area contributed by atoms with Gasteiger partial charge in [-0.1, -0.05) is 0 Å². The molecule has 0 aromatic carbocycles. The summed E-state index contributed by atoms with van der Waals surface area (Å²) in [4.78, 5) is 0. The Labute approximate surface area is 104 Å². The lowest BCUT2D eigenvalue weighted by Gasteiger charge is -2.22. The predicted molar refractivity (Wildman–Crippen MR) is 70.0 cm³/mol. The van der Waals surface area contributed by atoms with E-state index in [0.29, 0.717) is 6.61 Å². The lowest BCUT2D eigenvalue weighted by molar-refractivity contribution is -0.0100. The van der Waals surface area contributed by atoms with Gasteiger partial charge in [-0.05, 0) is 40.7 Å². The topological polar surface area (TPSA) is 53.1 Å². The van der Waals surface area contributed by atoms with Crippen molar-refractivity contribution in [3.8, 4) is 0 Å². The zero-order valence-electron chi connectivity index (χ0n) is 11.7. The van der Waals surface area contributed by atoms with Gasteiger partial charge in [0.25, 0.3) is 0 Å². The van der Waals surface area contributed by atoms with Crippen LogP contribution in [0.25, 0.3) is 0 Å². The average Bonchev–Trinajstić information content (AvgIpc) is 2.55. The number of rotatable bonds is 5. The van der Waals surface area contributed by atoms with Crippen molar-refractivity contribution < 1.29 is 4.74 Å². The van der Waals surface area contributed by atoms with Gasteiger partial charge >= 0.3 is 0 Å². The van der Waals surface area contributed by atoms with Gasteiger partial charge in [-0.3, -0.25) is 4.68 Å². The molecule has 1 unspecified atom stereocenters. The summed E-state index contributed by atoms with van der Waals surface area (Å²) in [6.45, 7) is 11.7. The molecule has 1 atom stereocenters. The molecule has 98 valence electrons. The molecule has 0 amide bonds. The van der Waals surface area contributed by atoms with Crippen LogP contribution in [0.3, 0.4) is 0 Å². The molecule has 0 radical (unpaired) electrons. The molecule has 4 nitrogen and oxygen atoms in total. The quantitative estimate of drug-likeness (QED) is 0.853. The minimum Gasteiger partial charge on any atom is -0.374 e. The Kier molecular flexibility index (Phi) is 4.71. The van der Waals surface area contributed by atoms with Gasteiger partial charge in [0.2, 0.25) is 0 Å². The normalized spacial score (nSPS) is 14.0. The summed E-state index contributed by atoms with van der Waals surface area (Å²) in [6, 6.07) is 2.12. The fourth-order valence-electron chi connectivity index (χ4n) is 1.72. The molecule has 0 fully saturated rings. The maximum Gasteiger partial charge on any atom is 0.0628 e. The number of ether oxygens (including phenoxy) is 1. The molecule has 0 aliphatic carbocycles. The summed E-state index contributed by atoms with van der Waals surface area (Å²) in [7, 11) is 0. The van der Waals surface area contributed by atoms with Crippen molar-refractivity contribution in [2.24, 2.45) is 5.73 Å². The molecular formula is C13H25N3O. The van der Waals surface area contributed by atoms with E-state index in [2.05, 4.69) is 18.1 Å². The van der Waals surface area contributed by atoms with E-state index in [0.717, 1.165) is 18.7 Å². The van der Waals surface area contributed by atoms with Crippen molar-refractivity contribution in [2.45, 2.75) is 59.2 Å². The number of nitrogens with zero attached hydrogens (tertiary/aromatic N) is 2. The molecule has 17 heavy (non-hydrogen) atoms. The van der Waals surface area contributed by atoms with E-state index in [-0.39, 0.29) is 11.6 Å². The number of hydrogen-bond donors (Lipinski definition) is 1. The number of nitrogens with two attached hydrogens (primary N) is 1. The summed E-state index contributed by atoms with van der Waals surface area (Å²) >= 11 is 0. The van der Waals surface area contributed by atoms with Gasteiger partial charge in [0.15, 0.2) is 0 Å². The lowest BCUT2D eigenvalue weighted by atomic mass is 10.1. The van der Waals surface area contributed by atoms with Gasteiger partial charge in [-0.15, -0.1) is 0 Å². The van der Waals surface area contributed by atoms with E-state index in [4.69, 9.17) is 10.5 Å². The van der Waals surface area contributed by atoms with Crippen molar-refractivity contribution in [1.29, 1.82) is 0 Å². The van der Waals surface area contributed by atoms with E-state index in [1.807, 2.05) is 32.4 Å². The monoisotopic (exact) mass is 239 g/mol. The van der Waals surface area contributed by atoms with Gasteiger partial charge < -0.3 is 10.5 Å². The number of hydrogen-bond acceptors (Lipinski definition) is 3. The molecule has 1 heterocycles. The number of aryl methyl sites for hydroxylation is 2. The Morgan fingerprint density at radius 3 is 2.65 bits per heavy atom. The van der Waals surface area contributed by atoms with Crippen LogP contribution in [-0.4, -0.2) is 28.0 Å². The van der Waals surface area contributed by atoms with Gasteiger partial charge in [0, 0.05) is 24.7 Å². The van der Waals surface area contributed by atoms with E-state index in [1.165, 1.54) is 5.69 Å². The van der Waals surface area contributed by atoms with Crippen LogP contribution in [0.2, 0.25) is 0 Å². The third kappa shape index (κ3) is 4.88. The van der Waals surface area contributed by atoms with Crippen molar-refractivity contribution in [1.82, 2.24) is 9.78 Å². The first-order valence-corrected chi connectivity index (χ1v) is 6.24. The predicted octanol–water partition coefficient (Wildman–Crippen LogP) is 1.90. The van der Waals surface area contributed by atoms with Crippen LogP contribution < -0.4 is 5.73 Å². The Balaban J connectivity index is 2.52. The van der Waals surface area contributed by atoms with Crippen LogP contribution >= 0.6 is 0 Å². The first-order valence-electron chi connectivity index (χ1n) is 6.24. The van der Waals surface area contributed by atoms with Crippen molar-refractivity contribution in [3.05, 3.63) is 17.5 Å². The van der Waals surface area contributed by atoms with E-state index in [9.17, 15) is 0 Å². The van der Waals surface area contributed by atoms with Gasteiger partial charge in [0.05, 0.1) is 17.9 Å². The molecule has 1 aromatic rings. The third-order valence-corrected chi connectivity index (χ3v) is 2.49. The van der Waals surface area contributed by atoms with Crippen molar-refractivity contribution >= 4 is 0 Å². The molecule has 1 aromatic heterocycles. The summed E-state index contributed by atoms with van der Waals surface area (Å²) in [5, 5.41) is 4.41.